The first-order valence-electron chi connectivity index (χ1n) is 6.77. The molecule has 0 radical (unpaired) electrons. The van der Waals surface area contributed by atoms with E-state index in [4.69, 9.17) is 4.74 Å². The summed E-state index contributed by atoms with van der Waals surface area (Å²) in [4.78, 5) is 2.71. The Labute approximate surface area is 98.5 Å². The molecule has 92 valence electrons. The SMILES string of the molecule is CC1CNC(C2CC2)CN1C1(C)CCOC1. The monoisotopic (exact) mass is 224 g/mol. The number of ether oxygens (including phenoxy) is 1. The Hall–Kier alpha value is -0.120. The Bertz CT molecular complexity index is 259. The summed E-state index contributed by atoms with van der Waals surface area (Å²) in [5, 5.41) is 3.72. The zero-order valence-corrected chi connectivity index (χ0v) is 10.5. The van der Waals surface area contributed by atoms with Crippen molar-refractivity contribution >= 4 is 0 Å². The van der Waals surface area contributed by atoms with Crippen LogP contribution in [0.2, 0.25) is 0 Å². The third kappa shape index (κ3) is 1.89. The van der Waals surface area contributed by atoms with Crippen molar-refractivity contribution in [2.45, 2.75) is 50.7 Å². The van der Waals surface area contributed by atoms with E-state index in [9.17, 15) is 0 Å². The van der Waals surface area contributed by atoms with Crippen LogP contribution in [-0.4, -0.2) is 48.8 Å². The van der Waals surface area contributed by atoms with E-state index in [1.165, 1.54) is 25.8 Å². The minimum atomic E-state index is 0.300. The lowest BCUT2D eigenvalue weighted by molar-refractivity contribution is 0.0156. The highest BCUT2D eigenvalue weighted by atomic mass is 16.5. The van der Waals surface area contributed by atoms with Crippen molar-refractivity contribution in [3.63, 3.8) is 0 Å². The second-order valence-electron chi connectivity index (χ2n) is 6.15. The summed E-state index contributed by atoms with van der Waals surface area (Å²) >= 11 is 0. The predicted molar refractivity (Wildman–Crippen MR) is 64.5 cm³/mol. The minimum Gasteiger partial charge on any atom is -0.379 e. The van der Waals surface area contributed by atoms with Crippen molar-refractivity contribution in [2.75, 3.05) is 26.3 Å². The normalized spacial score (nSPS) is 46.1. The van der Waals surface area contributed by atoms with Crippen LogP contribution in [0.5, 0.6) is 0 Å². The lowest BCUT2D eigenvalue weighted by Gasteiger charge is -2.47. The van der Waals surface area contributed by atoms with Crippen LogP contribution in [-0.2, 0) is 4.74 Å². The highest BCUT2D eigenvalue weighted by Crippen LogP contribution is 2.37. The second kappa shape index (κ2) is 3.97. The molecule has 0 amide bonds. The van der Waals surface area contributed by atoms with Crippen molar-refractivity contribution in [2.24, 2.45) is 5.92 Å². The van der Waals surface area contributed by atoms with Gasteiger partial charge in [-0.3, -0.25) is 4.90 Å². The summed E-state index contributed by atoms with van der Waals surface area (Å²) in [5.41, 5.74) is 0.300. The van der Waals surface area contributed by atoms with E-state index in [2.05, 4.69) is 24.1 Å². The van der Waals surface area contributed by atoms with Gasteiger partial charge in [-0.15, -0.1) is 0 Å². The van der Waals surface area contributed by atoms with Crippen molar-refractivity contribution in [3.05, 3.63) is 0 Å². The lowest BCUT2D eigenvalue weighted by Crippen LogP contribution is -2.63. The van der Waals surface area contributed by atoms with Crippen LogP contribution in [0.1, 0.15) is 33.1 Å². The number of nitrogens with one attached hydrogen (secondary N) is 1. The summed E-state index contributed by atoms with van der Waals surface area (Å²) in [5.74, 6) is 0.959. The summed E-state index contributed by atoms with van der Waals surface area (Å²) in [6.45, 7) is 8.98. The number of hydrogen-bond acceptors (Lipinski definition) is 3. The van der Waals surface area contributed by atoms with Crippen molar-refractivity contribution in [3.8, 4) is 0 Å². The maximum Gasteiger partial charge on any atom is 0.0648 e. The van der Waals surface area contributed by atoms with E-state index in [0.717, 1.165) is 31.7 Å². The average molecular weight is 224 g/mol. The summed E-state index contributed by atoms with van der Waals surface area (Å²) in [7, 11) is 0. The molecule has 3 unspecified atom stereocenters. The number of nitrogens with zero attached hydrogens (tertiary/aromatic N) is 1. The van der Waals surface area contributed by atoms with Gasteiger partial charge in [-0.2, -0.15) is 0 Å². The van der Waals surface area contributed by atoms with Gasteiger partial charge in [0.05, 0.1) is 6.61 Å². The van der Waals surface area contributed by atoms with Crippen LogP contribution in [0.25, 0.3) is 0 Å². The lowest BCUT2D eigenvalue weighted by atomic mass is 9.93. The summed E-state index contributed by atoms with van der Waals surface area (Å²) in [6, 6.07) is 1.40. The van der Waals surface area contributed by atoms with E-state index in [0.29, 0.717) is 11.6 Å². The Morgan fingerprint density at radius 1 is 1.38 bits per heavy atom. The quantitative estimate of drug-likeness (QED) is 0.764. The molecule has 0 bridgehead atoms. The molecule has 0 aromatic heterocycles. The van der Waals surface area contributed by atoms with Gasteiger partial charge >= 0.3 is 0 Å². The van der Waals surface area contributed by atoms with Gasteiger partial charge in [0.2, 0.25) is 0 Å². The molecule has 3 heteroatoms. The molecule has 0 aromatic carbocycles. The van der Waals surface area contributed by atoms with Gasteiger partial charge in [0.1, 0.15) is 0 Å². The third-order valence-corrected chi connectivity index (χ3v) is 4.68. The van der Waals surface area contributed by atoms with Gasteiger partial charge in [-0.1, -0.05) is 0 Å². The minimum absolute atomic E-state index is 0.300. The highest BCUT2D eigenvalue weighted by Gasteiger charge is 2.44. The Morgan fingerprint density at radius 3 is 2.81 bits per heavy atom. The fraction of sp³-hybridized carbons (Fsp3) is 1.00. The molecule has 0 aromatic rings. The zero-order chi connectivity index (χ0) is 11.2. The third-order valence-electron chi connectivity index (χ3n) is 4.68. The molecule has 2 saturated heterocycles. The molecule has 3 atom stereocenters. The standard InChI is InChI=1S/C13H24N2O/c1-10-7-14-12(11-3-4-11)8-15(10)13(2)5-6-16-9-13/h10-12,14H,3-9H2,1-2H3. The highest BCUT2D eigenvalue weighted by molar-refractivity contribution is 5.00. The first-order valence-corrected chi connectivity index (χ1v) is 6.77. The van der Waals surface area contributed by atoms with Crippen LogP contribution in [0, 0.1) is 5.92 Å². The molecule has 2 aliphatic heterocycles. The van der Waals surface area contributed by atoms with E-state index >= 15 is 0 Å². The molecular formula is C13H24N2O. The fourth-order valence-electron chi connectivity index (χ4n) is 3.34. The maximum atomic E-state index is 5.61. The molecular weight excluding hydrogens is 200 g/mol. The van der Waals surface area contributed by atoms with Gasteiger partial charge < -0.3 is 10.1 Å². The average Bonchev–Trinajstić information content (AvgIpc) is 3.02. The molecule has 0 spiro atoms. The molecule has 1 aliphatic carbocycles. The van der Waals surface area contributed by atoms with Gasteiger partial charge in [-0.05, 0) is 39.0 Å². The van der Waals surface area contributed by atoms with Gasteiger partial charge in [0, 0.05) is 37.3 Å². The van der Waals surface area contributed by atoms with Gasteiger partial charge in [0.25, 0.3) is 0 Å². The molecule has 3 rings (SSSR count). The Kier molecular flexibility index (Phi) is 2.73. The smallest absolute Gasteiger partial charge is 0.0648 e. The second-order valence-corrected chi connectivity index (χ2v) is 6.15. The first kappa shape index (κ1) is 11.0. The fourth-order valence-corrected chi connectivity index (χ4v) is 3.34. The summed E-state index contributed by atoms with van der Waals surface area (Å²) in [6.07, 6.45) is 4.08. The largest absolute Gasteiger partial charge is 0.379 e. The zero-order valence-electron chi connectivity index (χ0n) is 10.5. The van der Waals surface area contributed by atoms with Gasteiger partial charge in [-0.25, -0.2) is 0 Å². The van der Waals surface area contributed by atoms with E-state index in [1.54, 1.807) is 0 Å². The molecule has 3 aliphatic rings. The number of rotatable bonds is 2. The topological polar surface area (TPSA) is 24.5 Å². The molecule has 3 nitrogen and oxygen atoms in total. The van der Waals surface area contributed by atoms with E-state index < -0.39 is 0 Å². The van der Waals surface area contributed by atoms with Crippen LogP contribution >= 0.6 is 0 Å². The van der Waals surface area contributed by atoms with Crippen molar-refractivity contribution < 1.29 is 4.74 Å². The van der Waals surface area contributed by atoms with Crippen LogP contribution in [0.15, 0.2) is 0 Å². The summed E-state index contributed by atoms with van der Waals surface area (Å²) < 4.78 is 5.61. The van der Waals surface area contributed by atoms with E-state index in [1.807, 2.05) is 0 Å². The Morgan fingerprint density at radius 2 is 2.19 bits per heavy atom. The molecule has 16 heavy (non-hydrogen) atoms. The molecule has 1 N–H and O–H groups in total. The van der Waals surface area contributed by atoms with Crippen LogP contribution in [0.3, 0.4) is 0 Å². The maximum absolute atomic E-state index is 5.61. The van der Waals surface area contributed by atoms with Gasteiger partial charge in [0.15, 0.2) is 0 Å². The number of hydrogen-bond donors (Lipinski definition) is 1. The molecule has 2 heterocycles. The van der Waals surface area contributed by atoms with Crippen molar-refractivity contribution in [1.29, 1.82) is 0 Å². The predicted octanol–water partition coefficient (Wildman–Crippen LogP) is 1.24. The Balaban J connectivity index is 1.70. The molecule has 3 fully saturated rings. The van der Waals surface area contributed by atoms with Crippen molar-refractivity contribution in [1.82, 2.24) is 10.2 Å². The number of piperazine rings is 1. The molecule has 1 saturated carbocycles. The first-order chi connectivity index (χ1) is 7.69. The van der Waals surface area contributed by atoms with Crippen LogP contribution < -0.4 is 5.32 Å². The van der Waals surface area contributed by atoms with E-state index in [-0.39, 0.29) is 0 Å². The van der Waals surface area contributed by atoms with Crippen LogP contribution in [0.4, 0.5) is 0 Å².